The summed E-state index contributed by atoms with van der Waals surface area (Å²) in [5, 5.41) is 22.6. The largest absolute Gasteiger partial charge is 0.394 e. The number of aliphatic hydroxyl groups excluding tert-OH is 1. The highest BCUT2D eigenvalue weighted by Gasteiger charge is 2.18. The van der Waals surface area contributed by atoms with Crippen LogP contribution < -0.4 is 10.6 Å². The molecule has 1 amide bonds. The van der Waals surface area contributed by atoms with Gasteiger partial charge in [0.1, 0.15) is 0 Å². The van der Waals surface area contributed by atoms with Crippen molar-refractivity contribution in [3.63, 3.8) is 0 Å². The van der Waals surface area contributed by atoms with Gasteiger partial charge >= 0.3 is 0 Å². The molecule has 1 heterocycles. The van der Waals surface area contributed by atoms with Crippen LogP contribution in [0.15, 0.2) is 6.20 Å². The Kier molecular flexibility index (Phi) is 5.44. The van der Waals surface area contributed by atoms with Crippen molar-refractivity contribution in [2.75, 3.05) is 6.61 Å². The second-order valence-corrected chi connectivity index (χ2v) is 5.54. The summed E-state index contributed by atoms with van der Waals surface area (Å²) in [6, 6.07) is -0.304. The highest BCUT2D eigenvalue weighted by atomic mass is 16.3. The predicted octanol–water partition coefficient (Wildman–Crippen LogP) is -0.337. The second-order valence-electron chi connectivity index (χ2n) is 5.54. The van der Waals surface area contributed by atoms with E-state index in [-0.39, 0.29) is 24.1 Å². The van der Waals surface area contributed by atoms with Gasteiger partial charge < -0.3 is 15.7 Å². The number of amides is 1. The Morgan fingerprint density at radius 3 is 2.79 bits per heavy atom. The maximum atomic E-state index is 11.8. The molecule has 0 aliphatic carbocycles. The molecule has 0 saturated heterocycles. The van der Waals surface area contributed by atoms with Gasteiger partial charge in [0.2, 0.25) is 5.91 Å². The zero-order valence-corrected chi connectivity index (χ0v) is 12.0. The SMILES string of the molecule is CC(NCc1cn(CCO)nn1)C(=O)NC(C)(C)C. The molecule has 1 aromatic heterocycles. The zero-order valence-electron chi connectivity index (χ0n) is 12.0. The van der Waals surface area contributed by atoms with Crippen LogP contribution in [0.3, 0.4) is 0 Å². The van der Waals surface area contributed by atoms with Crippen LogP contribution in [0, 0.1) is 0 Å². The minimum absolute atomic E-state index is 0.0284. The lowest BCUT2D eigenvalue weighted by molar-refractivity contribution is -0.124. The van der Waals surface area contributed by atoms with E-state index in [1.807, 2.05) is 20.8 Å². The molecule has 0 radical (unpaired) electrons. The van der Waals surface area contributed by atoms with E-state index in [9.17, 15) is 4.79 Å². The van der Waals surface area contributed by atoms with Crippen LogP contribution in [0.25, 0.3) is 0 Å². The maximum absolute atomic E-state index is 11.8. The Hall–Kier alpha value is -1.47. The van der Waals surface area contributed by atoms with Crippen molar-refractivity contribution in [2.45, 2.75) is 52.4 Å². The van der Waals surface area contributed by atoms with Crippen LogP contribution in [0.4, 0.5) is 0 Å². The van der Waals surface area contributed by atoms with Crippen LogP contribution in [0.5, 0.6) is 0 Å². The van der Waals surface area contributed by atoms with Crippen molar-refractivity contribution in [1.82, 2.24) is 25.6 Å². The van der Waals surface area contributed by atoms with E-state index in [0.717, 1.165) is 5.69 Å². The van der Waals surface area contributed by atoms with E-state index in [1.54, 1.807) is 17.8 Å². The third kappa shape index (κ3) is 5.80. The van der Waals surface area contributed by atoms with E-state index in [1.165, 1.54) is 0 Å². The molecule has 108 valence electrons. The average Bonchev–Trinajstić information content (AvgIpc) is 2.72. The highest BCUT2D eigenvalue weighted by Crippen LogP contribution is 2.00. The standard InChI is InChI=1S/C12H23N5O2/c1-9(11(19)14-12(2,3)4)13-7-10-8-17(5-6-18)16-15-10/h8-9,13,18H,5-7H2,1-4H3,(H,14,19). The summed E-state index contributed by atoms with van der Waals surface area (Å²) < 4.78 is 1.57. The van der Waals surface area contributed by atoms with E-state index in [0.29, 0.717) is 13.1 Å². The fourth-order valence-corrected chi connectivity index (χ4v) is 1.46. The smallest absolute Gasteiger partial charge is 0.237 e. The van der Waals surface area contributed by atoms with Crippen LogP contribution >= 0.6 is 0 Å². The monoisotopic (exact) mass is 269 g/mol. The molecule has 7 heteroatoms. The Labute approximate surface area is 113 Å². The number of nitrogens with zero attached hydrogens (tertiary/aromatic N) is 3. The highest BCUT2D eigenvalue weighted by molar-refractivity contribution is 5.81. The fourth-order valence-electron chi connectivity index (χ4n) is 1.46. The lowest BCUT2D eigenvalue weighted by atomic mass is 10.1. The van der Waals surface area contributed by atoms with Crippen molar-refractivity contribution >= 4 is 5.91 Å². The first-order valence-corrected chi connectivity index (χ1v) is 6.37. The molecular formula is C12H23N5O2. The number of hydrogen-bond donors (Lipinski definition) is 3. The molecule has 1 rings (SSSR count). The molecule has 7 nitrogen and oxygen atoms in total. The van der Waals surface area contributed by atoms with Gasteiger partial charge in [-0.1, -0.05) is 5.21 Å². The topological polar surface area (TPSA) is 92.1 Å². The average molecular weight is 269 g/mol. The van der Waals surface area contributed by atoms with Crippen LogP contribution in [-0.4, -0.2) is 44.2 Å². The first-order chi connectivity index (χ1) is 8.81. The van der Waals surface area contributed by atoms with Crippen LogP contribution in [-0.2, 0) is 17.9 Å². The minimum Gasteiger partial charge on any atom is -0.394 e. The molecule has 0 spiro atoms. The van der Waals surface area contributed by atoms with Gasteiger partial charge in [-0.25, -0.2) is 4.68 Å². The predicted molar refractivity (Wildman–Crippen MR) is 71.3 cm³/mol. The number of rotatable bonds is 6. The zero-order chi connectivity index (χ0) is 14.5. The lowest BCUT2D eigenvalue weighted by Gasteiger charge is -2.23. The number of carbonyl (C=O) groups excluding carboxylic acids is 1. The summed E-state index contributed by atoms with van der Waals surface area (Å²) in [5.41, 5.74) is 0.501. The normalized spacial score (nSPS) is 13.3. The lowest BCUT2D eigenvalue weighted by Crippen LogP contribution is -2.49. The number of nitrogens with one attached hydrogen (secondary N) is 2. The van der Waals surface area contributed by atoms with E-state index in [2.05, 4.69) is 20.9 Å². The molecule has 0 aromatic carbocycles. The van der Waals surface area contributed by atoms with Gasteiger partial charge in [0.05, 0.1) is 24.9 Å². The Balaban J connectivity index is 2.40. The van der Waals surface area contributed by atoms with Crippen molar-refractivity contribution in [3.8, 4) is 0 Å². The van der Waals surface area contributed by atoms with Crippen molar-refractivity contribution in [1.29, 1.82) is 0 Å². The summed E-state index contributed by atoms with van der Waals surface area (Å²) >= 11 is 0. The number of aliphatic hydroxyl groups is 1. The minimum atomic E-state index is -0.304. The summed E-state index contributed by atoms with van der Waals surface area (Å²) in [7, 11) is 0. The van der Waals surface area contributed by atoms with Gasteiger partial charge in [0.15, 0.2) is 0 Å². The molecule has 1 aromatic rings. The molecule has 1 atom stereocenters. The van der Waals surface area contributed by atoms with E-state index < -0.39 is 0 Å². The maximum Gasteiger partial charge on any atom is 0.237 e. The molecule has 0 aliphatic heterocycles. The Bertz CT molecular complexity index is 410. The van der Waals surface area contributed by atoms with Crippen molar-refractivity contribution in [3.05, 3.63) is 11.9 Å². The number of aromatic nitrogens is 3. The fraction of sp³-hybridized carbons (Fsp3) is 0.750. The van der Waals surface area contributed by atoms with Crippen molar-refractivity contribution < 1.29 is 9.90 Å². The quantitative estimate of drug-likeness (QED) is 0.657. The molecule has 0 bridgehead atoms. The van der Waals surface area contributed by atoms with Gasteiger partial charge in [-0.15, -0.1) is 5.10 Å². The Morgan fingerprint density at radius 1 is 1.53 bits per heavy atom. The molecule has 0 aliphatic rings. The molecule has 19 heavy (non-hydrogen) atoms. The third-order valence-corrected chi connectivity index (χ3v) is 2.40. The van der Waals surface area contributed by atoms with Gasteiger partial charge in [0.25, 0.3) is 0 Å². The van der Waals surface area contributed by atoms with Gasteiger partial charge in [0, 0.05) is 18.3 Å². The van der Waals surface area contributed by atoms with E-state index in [4.69, 9.17) is 5.11 Å². The summed E-state index contributed by atoms with van der Waals surface area (Å²) in [6.45, 7) is 8.55. The second kappa shape index (κ2) is 6.63. The number of carbonyl (C=O) groups is 1. The third-order valence-electron chi connectivity index (χ3n) is 2.40. The van der Waals surface area contributed by atoms with Crippen LogP contribution in [0.1, 0.15) is 33.4 Å². The molecule has 3 N–H and O–H groups in total. The van der Waals surface area contributed by atoms with Crippen molar-refractivity contribution in [2.24, 2.45) is 0 Å². The number of hydrogen-bond acceptors (Lipinski definition) is 5. The van der Waals surface area contributed by atoms with E-state index >= 15 is 0 Å². The Morgan fingerprint density at radius 2 is 2.21 bits per heavy atom. The van der Waals surface area contributed by atoms with Gasteiger partial charge in [-0.3, -0.25) is 4.79 Å². The van der Waals surface area contributed by atoms with Crippen LogP contribution in [0.2, 0.25) is 0 Å². The summed E-state index contributed by atoms with van der Waals surface area (Å²) in [4.78, 5) is 11.8. The molecule has 0 fully saturated rings. The van der Waals surface area contributed by atoms with Gasteiger partial charge in [-0.2, -0.15) is 0 Å². The molecule has 1 unspecified atom stereocenters. The van der Waals surface area contributed by atoms with Gasteiger partial charge in [-0.05, 0) is 27.7 Å². The summed E-state index contributed by atoms with van der Waals surface area (Å²) in [6.07, 6.45) is 1.75. The molecule has 0 saturated carbocycles. The summed E-state index contributed by atoms with van der Waals surface area (Å²) in [5.74, 6) is -0.0461. The first-order valence-electron chi connectivity index (χ1n) is 6.37. The molecular weight excluding hydrogens is 246 g/mol. The first kappa shape index (κ1) is 15.6.